The summed E-state index contributed by atoms with van der Waals surface area (Å²) in [5.41, 5.74) is 1.03. The van der Waals surface area contributed by atoms with Crippen LogP contribution in [0.15, 0.2) is 41.3 Å². The van der Waals surface area contributed by atoms with E-state index in [1.807, 2.05) is 25.1 Å². The number of aromatic amines is 1. The van der Waals surface area contributed by atoms with Crippen molar-refractivity contribution in [1.82, 2.24) is 14.9 Å². The molecule has 0 saturated carbocycles. The number of rotatable bonds is 3. The second-order valence-corrected chi connectivity index (χ2v) is 5.58. The van der Waals surface area contributed by atoms with Crippen LogP contribution in [0.3, 0.4) is 0 Å². The standard InChI is InChI=1S/C17H20N4O2/c1-2-14-11-13(12-16(22)19-14)17(23)21-9-7-20(8-10-21)15-5-3-4-6-18-15/h3-6,11-12H,2,7-10H2,1H3,(H,19,22). The van der Waals surface area contributed by atoms with E-state index < -0.39 is 0 Å². The maximum absolute atomic E-state index is 12.6. The molecule has 0 spiro atoms. The molecule has 0 radical (unpaired) electrons. The van der Waals surface area contributed by atoms with Gasteiger partial charge < -0.3 is 14.8 Å². The highest BCUT2D eigenvalue weighted by Gasteiger charge is 2.23. The average molecular weight is 312 g/mol. The number of anilines is 1. The molecule has 1 amide bonds. The zero-order valence-electron chi connectivity index (χ0n) is 13.2. The molecule has 23 heavy (non-hydrogen) atoms. The maximum atomic E-state index is 12.6. The number of carbonyl (C=O) groups is 1. The third kappa shape index (κ3) is 3.41. The van der Waals surface area contributed by atoms with Gasteiger partial charge in [0.25, 0.3) is 5.91 Å². The summed E-state index contributed by atoms with van der Waals surface area (Å²) in [6, 6.07) is 8.98. The molecule has 0 bridgehead atoms. The zero-order chi connectivity index (χ0) is 16.2. The Hall–Kier alpha value is -2.63. The molecule has 0 aromatic carbocycles. The molecular weight excluding hydrogens is 292 g/mol. The Bertz CT molecular complexity index is 734. The Morgan fingerprint density at radius 3 is 2.65 bits per heavy atom. The van der Waals surface area contributed by atoms with Gasteiger partial charge in [-0.1, -0.05) is 13.0 Å². The van der Waals surface area contributed by atoms with Crippen LogP contribution in [0.1, 0.15) is 23.0 Å². The molecule has 0 unspecified atom stereocenters. The van der Waals surface area contributed by atoms with Gasteiger partial charge in [0.15, 0.2) is 0 Å². The minimum absolute atomic E-state index is 0.0773. The number of H-pyrrole nitrogens is 1. The van der Waals surface area contributed by atoms with Crippen molar-refractivity contribution in [2.75, 3.05) is 31.1 Å². The predicted octanol–water partition coefficient (Wildman–Crippen LogP) is 1.29. The minimum atomic E-state index is -0.222. The van der Waals surface area contributed by atoms with Gasteiger partial charge in [-0.05, 0) is 24.6 Å². The number of nitrogens with one attached hydrogen (secondary N) is 1. The molecule has 6 nitrogen and oxygen atoms in total. The SMILES string of the molecule is CCc1cc(C(=O)N2CCN(c3ccccn3)CC2)cc(=O)[nH]1. The van der Waals surface area contributed by atoms with Crippen LogP contribution in [-0.2, 0) is 6.42 Å². The summed E-state index contributed by atoms with van der Waals surface area (Å²) in [5.74, 6) is 0.857. The van der Waals surface area contributed by atoms with E-state index >= 15 is 0 Å². The van der Waals surface area contributed by atoms with Gasteiger partial charge in [0.2, 0.25) is 5.56 Å². The van der Waals surface area contributed by atoms with Crippen molar-refractivity contribution in [1.29, 1.82) is 0 Å². The van der Waals surface area contributed by atoms with Gasteiger partial charge in [-0.3, -0.25) is 9.59 Å². The van der Waals surface area contributed by atoms with Crippen LogP contribution in [0.5, 0.6) is 0 Å². The molecule has 6 heteroatoms. The highest BCUT2D eigenvalue weighted by Crippen LogP contribution is 2.14. The first-order valence-corrected chi connectivity index (χ1v) is 7.86. The highest BCUT2D eigenvalue weighted by molar-refractivity contribution is 5.94. The average Bonchev–Trinajstić information content (AvgIpc) is 2.61. The molecule has 1 aliphatic heterocycles. The van der Waals surface area contributed by atoms with Gasteiger partial charge in [-0.15, -0.1) is 0 Å². The lowest BCUT2D eigenvalue weighted by atomic mass is 10.1. The first kappa shape index (κ1) is 15.3. The third-order valence-electron chi connectivity index (χ3n) is 4.07. The van der Waals surface area contributed by atoms with Crippen LogP contribution in [0.2, 0.25) is 0 Å². The fourth-order valence-corrected chi connectivity index (χ4v) is 2.78. The Morgan fingerprint density at radius 2 is 2.00 bits per heavy atom. The fourth-order valence-electron chi connectivity index (χ4n) is 2.78. The molecule has 120 valence electrons. The van der Waals surface area contributed by atoms with Gasteiger partial charge in [-0.2, -0.15) is 0 Å². The van der Waals surface area contributed by atoms with E-state index in [-0.39, 0.29) is 11.5 Å². The summed E-state index contributed by atoms with van der Waals surface area (Å²) in [4.78, 5) is 35.3. The molecule has 0 aliphatic carbocycles. The summed E-state index contributed by atoms with van der Waals surface area (Å²) in [6.07, 6.45) is 2.47. The van der Waals surface area contributed by atoms with Crippen molar-refractivity contribution in [2.24, 2.45) is 0 Å². The van der Waals surface area contributed by atoms with Crippen LogP contribution in [-0.4, -0.2) is 47.0 Å². The summed E-state index contributed by atoms with van der Waals surface area (Å²) in [6.45, 7) is 4.69. The first-order valence-electron chi connectivity index (χ1n) is 7.86. The van der Waals surface area contributed by atoms with Crippen LogP contribution in [0.25, 0.3) is 0 Å². The number of piperazine rings is 1. The van der Waals surface area contributed by atoms with Crippen molar-refractivity contribution < 1.29 is 4.79 Å². The number of aryl methyl sites for hydroxylation is 1. The predicted molar refractivity (Wildman–Crippen MR) is 88.8 cm³/mol. The van der Waals surface area contributed by atoms with Gasteiger partial charge in [0.05, 0.1) is 0 Å². The van der Waals surface area contributed by atoms with Crippen molar-refractivity contribution in [3.63, 3.8) is 0 Å². The fraction of sp³-hybridized carbons (Fsp3) is 0.353. The Labute approximate surface area is 134 Å². The molecule has 3 heterocycles. The summed E-state index contributed by atoms with van der Waals surface area (Å²) in [5, 5.41) is 0. The van der Waals surface area contributed by atoms with E-state index in [1.54, 1.807) is 17.2 Å². The van der Waals surface area contributed by atoms with Crippen molar-refractivity contribution in [3.8, 4) is 0 Å². The van der Waals surface area contributed by atoms with Gasteiger partial charge >= 0.3 is 0 Å². The van der Waals surface area contributed by atoms with E-state index in [0.717, 1.165) is 24.6 Å². The summed E-state index contributed by atoms with van der Waals surface area (Å²) >= 11 is 0. The number of nitrogens with zero attached hydrogens (tertiary/aromatic N) is 3. The van der Waals surface area contributed by atoms with Crippen molar-refractivity contribution in [3.05, 3.63) is 58.1 Å². The monoisotopic (exact) mass is 312 g/mol. The molecule has 2 aromatic rings. The molecule has 1 saturated heterocycles. The molecular formula is C17H20N4O2. The second-order valence-electron chi connectivity index (χ2n) is 5.58. The lowest BCUT2D eigenvalue weighted by Gasteiger charge is -2.35. The molecule has 0 atom stereocenters. The number of amides is 1. The summed E-state index contributed by atoms with van der Waals surface area (Å²) in [7, 11) is 0. The molecule has 3 rings (SSSR count). The van der Waals surface area contributed by atoms with Gasteiger partial charge in [0.1, 0.15) is 5.82 Å². The van der Waals surface area contributed by atoms with E-state index in [4.69, 9.17) is 0 Å². The number of hydrogen-bond acceptors (Lipinski definition) is 4. The third-order valence-corrected chi connectivity index (χ3v) is 4.07. The van der Waals surface area contributed by atoms with E-state index in [9.17, 15) is 9.59 Å². The lowest BCUT2D eigenvalue weighted by Crippen LogP contribution is -2.49. The molecule has 1 aliphatic rings. The second kappa shape index (κ2) is 6.64. The van der Waals surface area contributed by atoms with E-state index in [1.165, 1.54) is 6.07 Å². The Balaban J connectivity index is 1.69. The smallest absolute Gasteiger partial charge is 0.254 e. The molecule has 2 aromatic heterocycles. The lowest BCUT2D eigenvalue weighted by molar-refractivity contribution is 0.0746. The van der Waals surface area contributed by atoms with E-state index in [0.29, 0.717) is 25.1 Å². The number of carbonyl (C=O) groups excluding carboxylic acids is 1. The summed E-state index contributed by atoms with van der Waals surface area (Å²) < 4.78 is 0. The maximum Gasteiger partial charge on any atom is 0.254 e. The van der Waals surface area contributed by atoms with Crippen molar-refractivity contribution in [2.45, 2.75) is 13.3 Å². The van der Waals surface area contributed by atoms with E-state index in [2.05, 4.69) is 14.9 Å². The van der Waals surface area contributed by atoms with Crippen LogP contribution >= 0.6 is 0 Å². The Morgan fingerprint density at radius 1 is 1.22 bits per heavy atom. The minimum Gasteiger partial charge on any atom is -0.353 e. The number of hydrogen-bond donors (Lipinski definition) is 1. The molecule has 1 N–H and O–H groups in total. The van der Waals surface area contributed by atoms with Crippen LogP contribution in [0.4, 0.5) is 5.82 Å². The first-order chi connectivity index (χ1) is 11.2. The Kier molecular flexibility index (Phi) is 4.41. The zero-order valence-corrected chi connectivity index (χ0v) is 13.2. The highest BCUT2D eigenvalue weighted by atomic mass is 16.2. The van der Waals surface area contributed by atoms with Gasteiger partial charge in [-0.25, -0.2) is 4.98 Å². The van der Waals surface area contributed by atoms with Crippen LogP contribution < -0.4 is 10.5 Å². The topological polar surface area (TPSA) is 69.3 Å². The number of aromatic nitrogens is 2. The molecule has 1 fully saturated rings. The largest absolute Gasteiger partial charge is 0.353 e. The van der Waals surface area contributed by atoms with Crippen LogP contribution in [0, 0.1) is 0 Å². The van der Waals surface area contributed by atoms with Gasteiger partial charge in [0, 0.05) is 49.7 Å². The quantitative estimate of drug-likeness (QED) is 0.927. The number of pyridine rings is 2. The normalized spacial score (nSPS) is 14.8. The van der Waals surface area contributed by atoms with Crippen molar-refractivity contribution >= 4 is 11.7 Å².